The van der Waals surface area contributed by atoms with Crippen LogP contribution in [0.5, 0.6) is 23.0 Å². The Labute approximate surface area is 482 Å². The number of halogens is 4. The topological polar surface area (TPSA) is 218 Å². The van der Waals surface area contributed by atoms with Gasteiger partial charge in [-0.15, -0.1) is 0 Å². The van der Waals surface area contributed by atoms with Crippen molar-refractivity contribution in [2.75, 3.05) is 87.7 Å². The molecule has 2 aromatic heterocycles. The number of piperidine rings is 2. The van der Waals surface area contributed by atoms with Crippen molar-refractivity contribution in [3.63, 3.8) is 0 Å². The summed E-state index contributed by atoms with van der Waals surface area (Å²) in [4.78, 5) is 26.3. The van der Waals surface area contributed by atoms with Crippen molar-refractivity contribution < 1.29 is 53.3 Å². The first-order valence-corrected chi connectivity index (χ1v) is 30.2. The number of para-hydroxylation sites is 1. The van der Waals surface area contributed by atoms with E-state index >= 15 is 0 Å². The quantitative estimate of drug-likeness (QED) is 0.0392. The van der Waals surface area contributed by atoms with Gasteiger partial charge in [0.05, 0.1) is 69.7 Å². The van der Waals surface area contributed by atoms with Crippen LogP contribution in [0.4, 0.5) is 69.5 Å². The monoisotopic (exact) mass is 1190 g/mol. The van der Waals surface area contributed by atoms with E-state index in [4.69, 9.17) is 14.2 Å². The molecule has 0 aliphatic carbocycles. The van der Waals surface area contributed by atoms with Gasteiger partial charge in [-0.25, -0.2) is 26.8 Å². The van der Waals surface area contributed by atoms with E-state index in [0.29, 0.717) is 41.0 Å². The predicted octanol–water partition coefficient (Wildman–Crippen LogP) is 10.5. The molecule has 26 heteroatoms. The van der Waals surface area contributed by atoms with Crippen LogP contribution in [0.15, 0.2) is 101 Å². The van der Waals surface area contributed by atoms with E-state index < -0.39 is 54.9 Å². The zero-order chi connectivity index (χ0) is 59.8. The largest absolute Gasteiger partial charge is 0.495 e. The van der Waals surface area contributed by atoms with E-state index in [1.807, 2.05) is 37.4 Å². The van der Waals surface area contributed by atoms with Gasteiger partial charge in [-0.05, 0) is 141 Å². The number of methoxy groups -OCH3 is 2. The predicted molar refractivity (Wildman–Crippen MR) is 313 cm³/mol. The molecule has 0 atom stereocenters. The molecule has 6 aromatic rings. The molecule has 0 bridgehead atoms. The van der Waals surface area contributed by atoms with Crippen molar-refractivity contribution in [3.05, 3.63) is 102 Å². The lowest BCUT2D eigenvalue weighted by Crippen LogP contribution is -2.42. The highest BCUT2D eigenvalue weighted by Gasteiger charge is 2.31. The number of alkyl halides is 4. The maximum absolute atomic E-state index is 14.4. The molecule has 448 valence electrons. The number of aromatic nitrogens is 4. The van der Waals surface area contributed by atoms with Crippen LogP contribution in [0.25, 0.3) is 0 Å². The van der Waals surface area contributed by atoms with E-state index in [-0.39, 0.29) is 57.3 Å². The third kappa shape index (κ3) is 15.1. The zero-order valence-electron chi connectivity index (χ0n) is 47.9. The third-order valence-electron chi connectivity index (χ3n) is 14.8. The number of ether oxygens (including phenoxy) is 4. The van der Waals surface area contributed by atoms with Crippen molar-refractivity contribution in [2.45, 2.75) is 112 Å². The summed E-state index contributed by atoms with van der Waals surface area (Å²) in [5.41, 5.74) is 3.67. The minimum atomic E-state index is -4.00. The van der Waals surface area contributed by atoms with Gasteiger partial charge in [0.15, 0.2) is 42.8 Å². The third-order valence-corrected chi connectivity index (χ3v) is 19.3. The molecule has 0 saturated carbocycles. The average Bonchev–Trinajstić information content (AvgIpc) is 3.30. The Bertz CT molecular complexity index is 3420. The molecular formula is C57H72F4N12O8S2. The standard InChI is InChI=1S/C57H72F4N12O8S2/c1-35(2)82(74,75)50-16-11-10-14-44(50)64-52-48(80-54(58)59)31-62-56(68-52)66-42-19-17-37(29-46(42)78-8)33-72-25-21-40(22-26-72)71(7)34-38-13-12-15-45(51(38)83(76,77)36(3)4)65-53-49(81-55(60)61)32-63-57(69-53)67-43-20-18-41(30-47(43)79-9)73-27-23-39(24-28-73)70(5)6/h10-20,29-32,35-36,39-40,54-55H,21-28,33-34H2,1-9H3,(H2,62,64,66,68)(H2,63,65,67,69). The number of benzene rings is 4. The lowest BCUT2D eigenvalue weighted by Gasteiger charge is -2.37. The fourth-order valence-corrected chi connectivity index (χ4v) is 12.7. The fraction of sp³-hybridized carbons (Fsp3) is 0.439. The summed E-state index contributed by atoms with van der Waals surface area (Å²) in [5, 5.41) is 10.5. The highest BCUT2D eigenvalue weighted by molar-refractivity contribution is 7.92. The number of nitrogens with one attached hydrogen (secondary N) is 4. The van der Waals surface area contributed by atoms with E-state index in [0.717, 1.165) is 75.5 Å². The van der Waals surface area contributed by atoms with E-state index in [1.54, 1.807) is 57.4 Å². The average molecular weight is 1190 g/mol. The van der Waals surface area contributed by atoms with Gasteiger partial charge in [-0.1, -0.05) is 30.3 Å². The highest BCUT2D eigenvalue weighted by Crippen LogP contribution is 2.39. The summed E-state index contributed by atoms with van der Waals surface area (Å²) < 4.78 is 131. The van der Waals surface area contributed by atoms with Crippen LogP contribution in [-0.4, -0.2) is 149 Å². The highest BCUT2D eigenvalue weighted by atomic mass is 32.2. The van der Waals surface area contributed by atoms with Crippen molar-refractivity contribution in [2.24, 2.45) is 0 Å². The molecule has 8 rings (SSSR count). The normalized spacial score (nSPS) is 15.0. The molecule has 4 aromatic carbocycles. The van der Waals surface area contributed by atoms with Gasteiger partial charge < -0.3 is 50.0 Å². The molecule has 0 unspecified atom stereocenters. The number of rotatable bonds is 25. The van der Waals surface area contributed by atoms with E-state index in [9.17, 15) is 34.4 Å². The van der Waals surface area contributed by atoms with Crippen LogP contribution in [0.2, 0.25) is 0 Å². The van der Waals surface area contributed by atoms with Gasteiger partial charge in [-0.2, -0.15) is 27.5 Å². The smallest absolute Gasteiger partial charge is 0.387 e. The number of hydrogen-bond acceptors (Lipinski definition) is 20. The second-order valence-electron chi connectivity index (χ2n) is 21.1. The van der Waals surface area contributed by atoms with Crippen LogP contribution in [0, 0.1) is 0 Å². The molecule has 0 amide bonds. The lowest BCUT2D eigenvalue weighted by molar-refractivity contribution is -0.0504. The Hall–Kier alpha value is -7.26. The molecule has 83 heavy (non-hydrogen) atoms. The van der Waals surface area contributed by atoms with Gasteiger partial charge in [0.25, 0.3) is 0 Å². The first kappa shape index (κ1) is 61.8. The van der Waals surface area contributed by atoms with Crippen molar-refractivity contribution in [3.8, 4) is 23.0 Å². The number of sulfone groups is 2. The number of hydrogen-bond donors (Lipinski definition) is 4. The molecule has 0 spiro atoms. The van der Waals surface area contributed by atoms with E-state index in [2.05, 4.69) is 79.6 Å². The van der Waals surface area contributed by atoms with Gasteiger partial charge in [0, 0.05) is 50.0 Å². The minimum Gasteiger partial charge on any atom is -0.495 e. The summed E-state index contributed by atoms with van der Waals surface area (Å²) in [6.07, 6.45) is 5.73. The summed E-state index contributed by atoms with van der Waals surface area (Å²) >= 11 is 0. The van der Waals surface area contributed by atoms with E-state index in [1.165, 1.54) is 33.1 Å². The van der Waals surface area contributed by atoms with Crippen LogP contribution >= 0.6 is 0 Å². The first-order chi connectivity index (χ1) is 39.5. The second-order valence-corrected chi connectivity index (χ2v) is 26.0. The molecule has 4 heterocycles. The molecular weight excluding hydrogens is 1120 g/mol. The molecule has 2 saturated heterocycles. The Morgan fingerprint density at radius 3 is 1.69 bits per heavy atom. The van der Waals surface area contributed by atoms with Gasteiger partial charge in [-0.3, -0.25) is 9.80 Å². The van der Waals surface area contributed by atoms with Gasteiger partial charge in [0.2, 0.25) is 11.9 Å². The lowest BCUT2D eigenvalue weighted by atomic mass is 10.0. The summed E-state index contributed by atoms with van der Waals surface area (Å²) in [6, 6.07) is 23.0. The maximum atomic E-state index is 14.4. The molecule has 2 aliphatic heterocycles. The summed E-state index contributed by atoms with van der Waals surface area (Å²) in [5.74, 6) is -0.217. The molecule has 2 fully saturated rings. The molecule has 20 nitrogen and oxygen atoms in total. The molecule has 2 aliphatic rings. The Balaban J connectivity index is 0.941. The Morgan fingerprint density at radius 1 is 0.602 bits per heavy atom. The zero-order valence-corrected chi connectivity index (χ0v) is 49.5. The van der Waals surface area contributed by atoms with Crippen LogP contribution in [0.3, 0.4) is 0 Å². The number of nitrogens with zero attached hydrogens (tertiary/aromatic N) is 8. The van der Waals surface area contributed by atoms with Crippen LogP contribution in [0.1, 0.15) is 64.5 Å². The Kier molecular flexibility index (Phi) is 20.1. The SMILES string of the molecule is COc1cc(CN2CCC(N(C)Cc3cccc(Nc4nc(Nc5ccc(N6CCC(N(C)C)CC6)cc5OC)ncc4OC(F)F)c3S(=O)(=O)C(C)C)CC2)ccc1Nc1ncc(OC(F)F)c(Nc2ccccc2S(=O)(=O)C(C)C)n1. The minimum absolute atomic E-state index is 0.0103. The van der Waals surface area contributed by atoms with Crippen LogP contribution < -0.4 is 45.1 Å². The fourth-order valence-electron chi connectivity index (χ4n) is 10.1. The van der Waals surface area contributed by atoms with Crippen molar-refractivity contribution in [1.29, 1.82) is 0 Å². The second kappa shape index (κ2) is 27.0. The van der Waals surface area contributed by atoms with Gasteiger partial charge in [0.1, 0.15) is 11.5 Å². The summed E-state index contributed by atoms with van der Waals surface area (Å²) in [7, 11) is 1.42. The molecule has 4 N–H and O–H groups in total. The van der Waals surface area contributed by atoms with Crippen molar-refractivity contribution in [1.82, 2.24) is 34.6 Å². The maximum Gasteiger partial charge on any atom is 0.387 e. The van der Waals surface area contributed by atoms with Crippen molar-refractivity contribution >= 4 is 71.6 Å². The number of likely N-dealkylation sites (tertiary alicyclic amines) is 1. The number of anilines is 9. The first-order valence-electron chi connectivity index (χ1n) is 27.1. The Morgan fingerprint density at radius 2 is 1.13 bits per heavy atom. The van der Waals surface area contributed by atoms with Crippen LogP contribution in [-0.2, 0) is 32.8 Å². The molecule has 0 radical (unpaired) electrons. The van der Waals surface area contributed by atoms with Gasteiger partial charge >= 0.3 is 13.2 Å². The summed E-state index contributed by atoms with van der Waals surface area (Å²) in [6.45, 7) is 3.85.